The fraction of sp³-hybridized carbons (Fsp3) is 0.700. The Morgan fingerprint density at radius 1 is 1.59 bits per heavy atom. The van der Waals surface area contributed by atoms with Gasteiger partial charge in [-0.05, 0) is 20.3 Å². The maximum absolute atomic E-state index is 12.1. The molecule has 1 aromatic heterocycles. The van der Waals surface area contributed by atoms with E-state index in [-0.39, 0.29) is 11.1 Å². The minimum atomic E-state index is -3.48. The lowest BCUT2D eigenvalue weighted by atomic mass is 10.2. The lowest BCUT2D eigenvalue weighted by Crippen LogP contribution is -2.31. The molecule has 0 aliphatic rings. The molecule has 2 N–H and O–H groups in total. The summed E-state index contributed by atoms with van der Waals surface area (Å²) in [6.07, 6.45) is 3.69. The summed E-state index contributed by atoms with van der Waals surface area (Å²) in [5.41, 5.74) is 5.61. The number of aromatic nitrogens is 2. The topological polar surface area (TPSA) is 81.2 Å². The van der Waals surface area contributed by atoms with E-state index in [2.05, 4.69) is 4.98 Å². The highest BCUT2D eigenvalue weighted by Crippen LogP contribution is 2.12. The molecule has 17 heavy (non-hydrogen) atoms. The van der Waals surface area contributed by atoms with E-state index in [4.69, 9.17) is 5.73 Å². The Kier molecular flexibility index (Phi) is 4.67. The molecule has 98 valence electrons. The van der Waals surface area contributed by atoms with Gasteiger partial charge in [0.2, 0.25) is 0 Å². The Morgan fingerprint density at radius 3 is 2.71 bits per heavy atom. The molecule has 7 heteroatoms. The van der Waals surface area contributed by atoms with Gasteiger partial charge in [0.15, 0.2) is 5.03 Å². The maximum Gasteiger partial charge on any atom is 0.261 e. The lowest BCUT2D eigenvalue weighted by molar-refractivity contribution is 0.444. The highest BCUT2D eigenvalue weighted by atomic mass is 32.2. The van der Waals surface area contributed by atoms with E-state index < -0.39 is 10.0 Å². The summed E-state index contributed by atoms with van der Waals surface area (Å²) < 4.78 is 27.2. The average Bonchev–Trinajstić information content (AvgIpc) is 2.74. The van der Waals surface area contributed by atoms with E-state index in [1.165, 1.54) is 16.8 Å². The Bertz CT molecular complexity index is 453. The van der Waals surface area contributed by atoms with E-state index in [9.17, 15) is 8.42 Å². The molecule has 1 rings (SSSR count). The molecule has 0 aliphatic carbocycles. The van der Waals surface area contributed by atoms with Crippen molar-refractivity contribution in [1.29, 1.82) is 0 Å². The second kappa shape index (κ2) is 5.61. The number of hydrogen-bond donors (Lipinski definition) is 1. The molecular weight excluding hydrogens is 240 g/mol. The smallest absolute Gasteiger partial charge is 0.261 e. The van der Waals surface area contributed by atoms with Crippen LogP contribution in [0.4, 0.5) is 0 Å². The van der Waals surface area contributed by atoms with E-state index in [1.54, 1.807) is 11.6 Å². The first-order valence-corrected chi connectivity index (χ1v) is 7.05. The van der Waals surface area contributed by atoms with Crippen molar-refractivity contribution in [2.45, 2.75) is 37.9 Å². The third-order valence-electron chi connectivity index (χ3n) is 2.55. The first kappa shape index (κ1) is 14.1. The number of sulfonamides is 1. The molecule has 0 aliphatic heterocycles. The van der Waals surface area contributed by atoms with Crippen LogP contribution in [-0.4, -0.2) is 41.9 Å². The van der Waals surface area contributed by atoms with E-state index in [0.717, 1.165) is 0 Å². The summed E-state index contributed by atoms with van der Waals surface area (Å²) in [7, 11) is -1.93. The monoisotopic (exact) mass is 260 g/mol. The molecule has 0 spiro atoms. The molecule has 1 aromatic rings. The highest BCUT2D eigenvalue weighted by Gasteiger charge is 2.23. The van der Waals surface area contributed by atoms with Gasteiger partial charge in [-0.1, -0.05) is 0 Å². The molecule has 1 unspecified atom stereocenters. The van der Waals surface area contributed by atoms with Crippen molar-refractivity contribution in [2.75, 3.05) is 13.6 Å². The van der Waals surface area contributed by atoms with Crippen LogP contribution in [0.25, 0.3) is 0 Å². The Labute approximate surface area is 102 Å². The Hall–Kier alpha value is -0.920. The van der Waals surface area contributed by atoms with Gasteiger partial charge in [-0.3, -0.25) is 0 Å². The third kappa shape index (κ3) is 3.52. The van der Waals surface area contributed by atoms with E-state index in [1.807, 2.05) is 13.8 Å². The summed E-state index contributed by atoms with van der Waals surface area (Å²) in [5.74, 6) is 0. The predicted octanol–water partition coefficient (Wildman–Crippen LogP) is 0.261. The summed E-state index contributed by atoms with van der Waals surface area (Å²) in [5, 5.41) is 0.0894. The van der Waals surface area contributed by atoms with Crippen molar-refractivity contribution in [2.24, 2.45) is 5.73 Å². The predicted molar refractivity (Wildman–Crippen MR) is 66.0 cm³/mol. The number of hydrogen-bond acceptors (Lipinski definition) is 4. The van der Waals surface area contributed by atoms with Crippen LogP contribution < -0.4 is 5.73 Å². The molecule has 0 fully saturated rings. The maximum atomic E-state index is 12.1. The van der Waals surface area contributed by atoms with Gasteiger partial charge < -0.3 is 10.3 Å². The zero-order valence-corrected chi connectivity index (χ0v) is 11.3. The van der Waals surface area contributed by atoms with Gasteiger partial charge in [0, 0.05) is 32.4 Å². The van der Waals surface area contributed by atoms with Crippen LogP contribution in [0.5, 0.6) is 0 Å². The summed E-state index contributed by atoms with van der Waals surface area (Å²) in [6.45, 7) is 4.88. The molecule has 0 aromatic carbocycles. The van der Waals surface area contributed by atoms with Crippen LogP contribution in [0.15, 0.2) is 17.6 Å². The molecule has 0 bridgehead atoms. The minimum Gasteiger partial charge on any atom is -0.336 e. The van der Waals surface area contributed by atoms with Gasteiger partial charge in [-0.2, -0.15) is 4.31 Å². The van der Waals surface area contributed by atoms with Gasteiger partial charge in [0.05, 0.1) is 6.33 Å². The summed E-state index contributed by atoms with van der Waals surface area (Å²) in [6, 6.07) is -0.0131. The van der Waals surface area contributed by atoms with E-state index in [0.29, 0.717) is 19.5 Å². The first-order valence-electron chi connectivity index (χ1n) is 5.61. The molecule has 0 radical (unpaired) electrons. The van der Waals surface area contributed by atoms with Crippen molar-refractivity contribution < 1.29 is 8.42 Å². The SMILES string of the molecule is CCn1cnc(S(=O)(=O)N(C)CCC(C)N)c1. The molecule has 1 heterocycles. The molecular formula is C10H20N4O2S. The van der Waals surface area contributed by atoms with Crippen LogP contribution in [0, 0.1) is 0 Å². The number of imidazole rings is 1. The fourth-order valence-electron chi connectivity index (χ4n) is 1.31. The van der Waals surface area contributed by atoms with Crippen molar-refractivity contribution in [3.8, 4) is 0 Å². The zero-order chi connectivity index (χ0) is 13.1. The first-order chi connectivity index (χ1) is 7.87. The van der Waals surface area contributed by atoms with Gasteiger partial charge >= 0.3 is 0 Å². The summed E-state index contributed by atoms with van der Waals surface area (Å²) >= 11 is 0. The number of rotatable bonds is 6. The van der Waals surface area contributed by atoms with E-state index >= 15 is 0 Å². The largest absolute Gasteiger partial charge is 0.336 e. The number of nitrogens with two attached hydrogens (primary N) is 1. The normalized spacial score (nSPS) is 14.2. The van der Waals surface area contributed by atoms with Gasteiger partial charge in [-0.15, -0.1) is 0 Å². The van der Waals surface area contributed by atoms with Crippen LogP contribution in [-0.2, 0) is 16.6 Å². The Balaban J connectivity index is 2.79. The standard InChI is InChI=1S/C10H20N4O2S/c1-4-14-7-10(12-8-14)17(15,16)13(3)6-5-9(2)11/h7-9H,4-6,11H2,1-3H3. The second-order valence-corrected chi connectivity index (χ2v) is 6.13. The average molecular weight is 260 g/mol. The Morgan fingerprint density at radius 2 is 2.24 bits per heavy atom. The lowest BCUT2D eigenvalue weighted by Gasteiger charge is -2.16. The molecule has 0 saturated heterocycles. The molecule has 0 amide bonds. The van der Waals surface area contributed by atoms with Crippen molar-refractivity contribution >= 4 is 10.0 Å². The van der Waals surface area contributed by atoms with Gasteiger partial charge in [-0.25, -0.2) is 13.4 Å². The molecule has 6 nitrogen and oxygen atoms in total. The zero-order valence-electron chi connectivity index (χ0n) is 10.5. The van der Waals surface area contributed by atoms with Crippen LogP contribution in [0.3, 0.4) is 0 Å². The quantitative estimate of drug-likeness (QED) is 0.795. The van der Waals surface area contributed by atoms with Gasteiger partial charge in [0.1, 0.15) is 0 Å². The molecule has 1 atom stereocenters. The third-order valence-corrected chi connectivity index (χ3v) is 4.29. The van der Waals surface area contributed by atoms with Crippen molar-refractivity contribution in [3.63, 3.8) is 0 Å². The van der Waals surface area contributed by atoms with Crippen molar-refractivity contribution in [3.05, 3.63) is 12.5 Å². The van der Waals surface area contributed by atoms with Crippen LogP contribution >= 0.6 is 0 Å². The number of nitrogens with zero attached hydrogens (tertiary/aromatic N) is 3. The van der Waals surface area contributed by atoms with Crippen LogP contribution in [0.1, 0.15) is 20.3 Å². The van der Waals surface area contributed by atoms with Crippen LogP contribution in [0.2, 0.25) is 0 Å². The number of aryl methyl sites for hydroxylation is 1. The van der Waals surface area contributed by atoms with Crippen molar-refractivity contribution in [1.82, 2.24) is 13.9 Å². The molecule has 0 saturated carbocycles. The highest BCUT2D eigenvalue weighted by molar-refractivity contribution is 7.89. The fourth-order valence-corrected chi connectivity index (χ4v) is 2.43. The second-order valence-electron chi connectivity index (χ2n) is 4.13. The minimum absolute atomic E-state index is 0.0131. The van der Waals surface area contributed by atoms with Gasteiger partial charge in [0.25, 0.3) is 10.0 Å². The summed E-state index contributed by atoms with van der Waals surface area (Å²) in [4.78, 5) is 3.91.